The molecular weight excluding hydrogens is 1370 g/mol. The Morgan fingerprint density at radius 2 is 0.574 bits per heavy atom. The van der Waals surface area contributed by atoms with Gasteiger partial charge in [0.1, 0.15) is 47.4 Å². The van der Waals surface area contributed by atoms with Crippen LogP contribution in [-0.4, -0.2) is 99.5 Å². The Morgan fingerprint density at radius 1 is 0.324 bits per heavy atom. The molecule has 8 aromatic carbocycles. The van der Waals surface area contributed by atoms with Crippen molar-refractivity contribution in [2.75, 3.05) is 51.3 Å². The minimum absolute atomic E-state index is 0.0286. The molecule has 1 aliphatic carbocycles. The van der Waals surface area contributed by atoms with E-state index in [9.17, 15) is 28.8 Å². The Labute approximate surface area is 632 Å². The number of unbranched alkanes of at least 4 members (excludes halogenated alkanes) is 4. The maximum absolute atomic E-state index is 15.6. The van der Waals surface area contributed by atoms with Gasteiger partial charge in [-0.25, -0.2) is 28.8 Å². The van der Waals surface area contributed by atoms with Gasteiger partial charge in [-0.2, -0.15) is 0 Å². The third kappa shape index (κ3) is 22.4. The number of ether oxygens (including phenoxy) is 10. The lowest BCUT2D eigenvalue weighted by Crippen LogP contribution is -2.24. The van der Waals surface area contributed by atoms with E-state index in [1.54, 1.807) is 90.1 Å². The smallest absolute Gasteiger partial charge is 0.338 e. The Hall–Kier alpha value is -11.3. The van der Waals surface area contributed by atoms with Crippen LogP contribution in [0.15, 0.2) is 146 Å². The molecule has 0 atom stereocenters. The second-order valence-corrected chi connectivity index (χ2v) is 28.6. The van der Waals surface area contributed by atoms with Gasteiger partial charge in [-0.05, 0) is 208 Å². The molecule has 0 aliphatic heterocycles. The van der Waals surface area contributed by atoms with Crippen molar-refractivity contribution in [2.24, 2.45) is 0 Å². The second kappa shape index (κ2) is 37.8. The standard InChI is InChI=1S/C88H98N2O18/c1-13-17-31-101-75-57-35-61-43-67(81(93)99-11)45-63(77(61)103-33-19-15-3)37-59-41-66(80(92)90-74-50-70(48-72(52-74)86(98)108-88(8,9)10)84(96)106-54-56-29-25-22-26-30-56)42-60(76(59)102-32-18-14-2)38-64-46-68(82(94)100-12)44-62(78(64)104-34-20-16-4)36-58(75)40-65(39-57)79(91)89-73-49-69(47-71(51-73)85(97)107-87(5,6)7)83(95)105-53-55-27-23-21-24-28-55/h21-30,39-52H,13-20,31-38,53-54H2,1-12H3,(H,89,91)(H,90,92). The molecule has 8 bridgehead atoms. The van der Waals surface area contributed by atoms with Crippen LogP contribution in [0.5, 0.6) is 23.0 Å². The Bertz CT molecular complexity index is 4180. The Balaban J connectivity index is 1.29. The lowest BCUT2D eigenvalue weighted by Gasteiger charge is -2.24. The highest BCUT2D eigenvalue weighted by Crippen LogP contribution is 2.42. The number of carbonyl (C=O) groups excluding carboxylic acids is 8. The van der Waals surface area contributed by atoms with E-state index in [4.69, 9.17) is 47.4 Å². The first-order chi connectivity index (χ1) is 51.8. The van der Waals surface area contributed by atoms with Crippen molar-refractivity contribution < 1.29 is 85.7 Å². The zero-order valence-corrected chi connectivity index (χ0v) is 63.9. The highest BCUT2D eigenvalue weighted by molar-refractivity contribution is 6.08. The maximum Gasteiger partial charge on any atom is 0.338 e. The minimum atomic E-state index is -0.929. The molecule has 0 saturated carbocycles. The fraction of sp³-hybridized carbons (Fsp3) is 0.364. The molecule has 0 heterocycles. The normalized spacial score (nSPS) is 11.8. The number of fused-ring (bicyclic) bond motifs is 8. The third-order valence-electron chi connectivity index (χ3n) is 17.4. The lowest BCUT2D eigenvalue weighted by atomic mass is 9.88. The van der Waals surface area contributed by atoms with Crippen molar-refractivity contribution in [3.8, 4) is 23.0 Å². The van der Waals surface area contributed by atoms with Gasteiger partial charge in [0.15, 0.2) is 0 Å². The average molecular weight is 1470 g/mol. The Kier molecular flexibility index (Phi) is 28.3. The van der Waals surface area contributed by atoms with Gasteiger partial charge in [0.2, 0.25) is 0 Å². The van der Waals surface area contributed by atoms with Crippen LogP contribution in [0.4, 0.5) is 11.4 Å². The predicted octanol–water partition coefficient (Wildman–Crippen LogP) is 17.8. The van der Waals surface area contributed by atoms with Crippen molar-refractivity contribution in [1.29, 1.82) is 0 Å². The van der Waals surface area contributed by atoms with E-state index in [2.05, 4.69) is 10.6 Å². The van der Waals surface area contributed by atoms with Crippen molar-refractivity contribution >= 4 is 59.0 Å². The summed E-state index contributed by atoms with van der Waals surface area (Å²) in [6.07, 6.45) is 5.42. The molecule has 20 nitrogen and oxygen atoms in total. The van der Waals surface area contributed by atoms with Gasteiger partial charge < -0.3 is 58.0 Å². The van der Waals surface area contributed by atoms with E-state index in [1.165, 1.54) is 50.6 Å². The van der Waals surface area contributed by atoms with Crippen LogP contribution in [0, 0.1) is 0 Å². The SMILES string of the molecule is CCCCOc1c2cc(C(=O)Nc3cc(C(=O)OCc4ccccc4)cc(C(=O)OC(C)(C)C)c3)cc1Cc1cc(C(=O)OC)cc(c1OCCCC)Cc1cc(C(=O)Nc3cc(C(=O)OCc4ccccc4)cc(C(=O)OC(C)(C)C)c3)cc(c1OCCCC)Cc1cc(C(=O)OC)cc(c1OCCCC)C2. The van der Waals surface area contributed by atoms with Gasteiger partial charge in [-0.3, -0.25) is 9.59 Å². The molecular formula is C88H98N2O18. The van der Waals surface area contributed by atoms with Crippen LogP contribution < -0.4 is 29.6 Å². The fourth-order valence-electron chi connectivity index (χ4n) is 12.2. The van der Waals surface area contributed by atoms with Crippen molar-refractivity contribution in [3.05, 3.63) is 246 Å². The molecule has 8 aromatic rings. The first-order valence-corrected chi connectivity index (χ1v) is 36.9. The molecule has 108 heavy (non-hydrogen) atoms. The van der Waals surface area contributed by atoms with Crippen LogP contribution >= 0.6 is 0 Å². The van der Waals surface area contributed by atoms with E-state index in [1.807, 2.05) is 88.4 Å². The number of nitrogens with one attached hydrogen (secondary N) is 2. The molecule has 0 spiro atoms. The summed E-state index contributed by atoms with van der Waals surface area (Å²) in [4.78, 5) is 116. The van der Waals surface area contributed by atoms with Crippen LogP contribution in [0.25, 0.3) is 0 Å². The molecule has 0 saturated heterocycles. The molecule has 1 aliphatic rings. The van der Waals surface area contributed by atoms with Crippen molar-refractivity contribution in [3.63, 3.8) is 0 Å². The number of benzene rings is 8. The summed E-state index contributed by atoms with van der Waals surface area (Å²) in [5, 5.41) is 5.97. The minimum Gasteiger partial charge on any atom is -0.493 e. The summed E-state index contributed by atoms with van der Waals surface area (Å²) in [5.41, 5.74) is 4.04. The van der Waals surface area contributed by atoms with Gasteiger partial charge in [0, 0.05) is 48.2 Å². The average Bonchev–Trinajstić information content (AvgIpc) is 0.767. The molecule has 0 unspecified atom stereocenters. The number of esters is 6. The van der Waals surface area contributed by atoms with Gasteiger partial charge >= 0.3 is 35.8 Å². The maximum atomic E-state index is 15.6. The number of anilines is 2. The van der Waals surface area contributed by atoms with E-state index < -0.39 is 58.8 Å². The monoisotopic (exact) mass is 1470 g/mol. The fourth-order valence-corrected chi connectivity index (χ4v) is 12.2. The number of methoxy groups -OCH3 is 2. The summed E-state index contributed by atoms with van der Waals surface area (Å²) >= 11 is 0. The molecule has 0 radical (unpaired) electrons. The molecule has 2 N–H and O–H groups in total. The van der Waals surface area contributed by atoms with E-state index in [-0.39, 0.29) is 121 Å². The van der Waals surface area contributed by atoms with Crippen LogP contribution in [0.3, 0.4) is 0 Å². The van der Waals surface area contributed by atoms with Crippen molar-refractivity contribution in [2.45, 2.75) is 171 Å². The number of rotatable bonds is 30. The highest BCUT2D eigenvalue weighted by Gasteiger charge is 2.30. The van der Waals surface area contributed by atoms with Crippen LogP contribution in [0.2, 0.25) is 0 Å². The van der Waals surface area contributed by atoms with Crippen LogP contribution in [-0.2, 0) is 67.3 Å². The molecule has 0 fully saturated rings. The summed E-state index contributed by atoms with van der Waals surface area (Å²) in [6.45, 7) is 19.3. The quantitative estimate of drug-likeness (QED) is 0.0241. The number of amides is 2. The molecule has 20 heteroatoms. The zero-order chi connectivity index (χ0) is 77.7. The number of carbonyl (C=O) groups is 8. The zero-order valence-electron chi connectivity index (χ0n) is 63.9. The van der Waals surface area contributed by atoms with Gasteiger partial charge in [0.05, 0.1) is 74.0 Å². The lowest BCUT2D eigenvalue weighted by molar-refractivity contribution is 0.00568. The molecule has 0 aromatic heterocycles. The van der Waals surface area contributed by atoms with E-state index in [0.717, 1.165) is 36.8 Å². The number of hydrogen-bond donors (Lipinski definition) is 2. The van der Waals surface area contributed by atoms with Gasteiger partial charge in [-0.15, -0.1) is 0 Å². The molecule has 568 valence electrons. The van der Waals surface area contributed by atoms with Gasteiger partial charge in [-0.1, -0.05) is 114 Å². The van der Waals surface area contributed by atoms with Crippen molar-refractivity contribution in [1.82, 2.24) is 0 Å². The third-order valence-corrected chi connectivity index (χ3v) is 17.4. The molecule has 2 amide bonds. The second-order valence-electron chi connectivity index (χ2n) is 28.6. The predicted molar refractivity (Wildman–Crippen MR) is 412 cm³/mol. The van der Waals surface area contributed by atoms with E-state index >= 15 is 9.59 Å². The number of hydrogen-bond acceptors (Lipinski definition) is 18. The van der Waals surface area contributed by atoms with Crippen LogP contribution in [0.1, 0.15) is 259 Å². The topological polar surface area (TPSA) is 253 Å². The van der Waals surface area contributed by atoms with E-state index in [0.29, 0.717) is 93.2 Å². The summed E-state index contributed by atoms with van der Waals surface area (Å²) in [6, 6.07) is 40.2. The summed E-state index contributed by atoms with van der Waals surface area (Å²) < 4.78 is 61.9. The van der Waals surface area contributed by atoms with Gasteiger partial charge in [0.25, 0.3) is 11.8 Å². The largest absolute Gasteiger partial charge is 0.493 e. The highest BCUT2D eigenvalue weighted by atomic mass is 16.6. The first-order valence-electron chi connectivity index (χ1n) is 36.9. The molecule has 9 rings (SSSR count). The summed E-state index contributed by atoms with van der Waals surface area (Å²) in [7, 11) is 2.57. The first kappa shape index (κ1) is 80.8. The Morgan fingerprint density at radius 3 is 0.824 bits per heavy atom. The summed E-state index contributed by atoms with van der Waals surface area (Å²) in [5.74, 6) is -4.09.